The number of likely N-dealkylation sites (tertiary alicyclic amines) is 1. The van der Waals surface area contributed by atoms with E-state index in [1.807, 2.05) is 12.1 Å². The highest BCUT2D eigenvalue weighted by molar-refractivity contribution is 5.84. The Hall–Kier alpha value is -1.52. The SMILES string of the molecule is COc1ccc2c(CCN3CCC(O)CC3)c[nH]c2c1. The van der Waals surface area contributed by atoms with Crippen LogP contribution < -0.4 is 4.74 Å². The van der Waals surface area contributed by atoms with Crippen molar-refractivity contribution in [1.82, 2.24) is 9.88 Å². The summed E-state index contributed by atoms with van der Waals surface area (Å²) in [6.45, 7) is 3.08. The molecule has 0 atom stereocenters. The van der Waals surface area contributed by atoms with E-state index in [0.717, 1.165) is 50.2 Å². The summed E-state index contributed by atoms with van der Waals surface area (Å²) in [5, 5.41) is 10.8. The van der Waals surface area contributed by atoms with Gasteiger partial charge in [0, 0.05) is 42.8 Å². The van der Waals surface area contributed by atoms with Gasteiger partial charge in [0.25, 0.3) is 0 Å². The molecule has 4 nitrogen and oxygen atoms in total. The van der Waals surface area contributed by atoms with Gasteiger partial charge in [-0.25, -0.2) is 0 Å². The molecule has 4 heteroatoms. The van der Waals surface area contributed by atoms with Gasteiger partial charge >= 0.3 is 0 Å². The van der Waals surface area contributed by atoms with Gasteiger partial charge in [-0.05, 0) is 37.0 Å². The number of aliphatic hydroxyl groups is 1. The number of aromatic nitrogens is 1. The zero-order valence-corrected chi connectivity index (χ0v) is 11.9. The summed E-state index contributed by atoms with van der Waals surface area (Å²) in [5.74, 6) is 0.885. The Morgan fingerprint density at radius 1 is 1.35 bits per heavy atom. The van der Waals surface area contributed by atoms with Crippen molar-refractivity contribution < 1.29 is 9.84 Å². The summed E-state index contributed by atoms with van der Waals surface area (Å²) >= 11 is 0. The molecule has 1 aliphatic rings. The molecule has 2 aromatic rings. The number of methoxy groups -OCH3 is 1. The fourth-order valence-corrected chi connectivity index (χ4v) is 2.92. The summed E-state index contributed by atoms with van der Waals surface area (Å²) in [6, 6.07) is 6.17. The lowest BCUT2D eigenvalue weighted by Crippen LogP contribution is -2.36. The van der Waals surface area contributed by atoms with Crippen molar-refractivity contribution in [1.29, 1.82) is 0 Å². The third kappa shape index (κ3) is 2.81. The average Bonchev–Trinajstić information content (AvgIpc) is 2.89. The topological polar surface area (TPSA) is 48.5 Å². The number of nitrogens with zero attached hydrogens (tertiary/aromatic N) is 1. The Balaban J connectivity index is 1.65. The quantitative estimate of drug-likeness (QED) is 0.898. The third-order valence-electron chi connectivity index (χ3n) is 4.23. The van der Waals surface area contributed by atoms with Gasteiger partial charge in [-0.2, -0.15) is 0 Å². The first-order valence-electron chi connectivity index (χ1n) is 7.30. The highest BCUT2D eigenvalue weighted by Crippen LogP contribution is 2.24. The maximum Gasteiger partial charge on any atom is 0.120 e. The monoisotopic (exact) mass is 274 g/mol. The van der Waals surface area contributed by atoms with Gasteiger partial charge in [-0.3, -0.25) is 0 Å². The van der Waals surface area contributed by atoms with Crippen LogP contribution in [0.2, 0.25) is 0 Å². The van der Waals surface area contributed by atoms with E-state index in [9.17, 15) is 5.11 Å². The summed E-state index contributed by atoms with van der Waals surface area (Å²) in [6.07, 6.45) is 4.87. The van der Waals surface area contributed by atoms with Crippen LogP contribution in [0.3, 0.4) is 0 Å². The van der Waals surface area contributed by atoms with Gasteiger partial charge in [0.1, 0.15) is 5.75 Å². The first-order valence-corrected chi connectivity index (χ1v) is 7.30. The lowest BCUT2D eigenvalue weighted by atomic mass is 10.1. The number of aliphatic hydroxyl groups excluding tert-OH is 1. The predicted molar refractivity (Wildman–Crippen MR) is 80.2 cm³/mol. The zero-order chi connectivity index (χ0) is 13.9. The molecular weight excluding hydrogens is 252 g/mol. The number of ether oxygens (including phenoxy) is 1. The molecule has 108 valence electrons. The van der Waals surface area contributed by atoms with Gasteiger partial charge in [0.2, 0.25) is 0 Å². The smallest absolute Gasteiger partial charge is 0.120 e. The van der Waals surface area contributed by atoms with Gasteiger partial charge in [-0.15, -0.1) is 0 Å². The predicted octanol–water partition coefficient (Wildman–Crippen LogP) is 2.18. The van der Waals surface area contributed by atoms with Crippen LogP contribution in [0.15, 0.2) is 24.4 Å². The van der Waals surface area contributed by atoms with Crippen molar-refractivity contribution in [3.63, 3.8) is 0 Å². The largest absolute Gasteiger partial charge is 0.497 e. The molecule has 0 unspecified atom stereocenters. The molecule has 1 aliphatic heterocycles. The number of H-pyrrole nitrogens is 1. The van der Waals surface area contributed by atoms with Crippen molar-refractivity contribution in [3.8, 4) is 5.75 Å². The van der Waals surface area contributed by atoms with Crippen LogP contribution in [0.1, 0.15) is 18.4 Å². The first-order chi connectivity index (χ1) is 9.76. The number of aromatic amines is 1. The maximum atomic E-state index is 9.53. The maximum absolute atomic E-state index is 9.53. The Labute approximate surface area is 119 Å². The van der Waals surface area contributed by atoms with Crippen LogP contribution in [0.25, 0.3) is 10.9 Å². The van der Waals surface area contributed by atoms with Crippen molar-refractivity contribution in [2.75, 3.05) is 26.7 Å². The zero-order valence-electron chi connectivity index (χ0n) is 11.9. The molecule has 0 saturated carbocycles. The normalized spacial score (nSPS) is 17.7. The molecule has 1 aromatic carbocycles. The van der Waals surface area contributed by atoms with E-state index in [2.05, 4.69) is 22.1 Å². The molecular formula is C16H22N2O2. The summed E-state index contributed by atoms with van der Waals surface area (Å²) < 4.78 is 5.24. The minimum absolute atomic E-state index is 0.0909. The van der Waals surface area contributed by atoms with Gasteiger partial charge in [0.15, 0.2) is 0 Å². The van der Waals surface area contributed by atoms with Crippen LogP contribution >= 0.6 is 0 Å². The molecule has 2 N–H and O–H groups in total. The second-order valence-electron chi connectivity index (χ2n) is 5.55. The van der Waals surface area contributed by atoms with Crippen molar-refractivity contribution in [2.24, 2.45) is 0 Å². The highest BCUT2D eigenvalue weighted by Gasteiger charge is 2.16. The van der Waals surface area contributed by atoms with E-state index >= 15 is 0 Å². The molecule has 1 fully saturated rings. The van der Waals surface area contributed by atoms with Crippen LogP contribution in [-0.4, -0.2) is 47.8 Å². The average molecular weight is 274 g/mol. The molecule has 1 saturated heterocycles. The highest BCUT2D eigenvalue weighted by atomic mass is 16.5. The Kier molecular flexibility index (Phi) is 3.94. The van der Waals surface area contributed by atoms with E-state index in [-0.39, 0.29) is 6.10 Å². The Morgan fingerprint density at radius 3 is 2.90 bits per heavy atom. The first kappa shape index (κ1) is 13.5. The second-order valence-corrected chi connectivity index (χ2v) is 5.55. The number of piperidine rings is 1. The fourth-order valence-electron chi connectivity index (χ4n) is 2.92. The lowest BCUT2D eigenvalue weighted by molar-refractivity contribution is 0.0832. The van der Waals surface area contributed by atoms with Crippen molar-refractivity contribution in [2.45, 2.75) is 25.4 Å². The van der Waals surface area contributed by atoms with E-state index in [1.54, 1.807) is 7.11 Å². The number of nitrogens with one attached hydrogen (secondary N) is 1. The van der Waals surface area contributed by atoms with Crippen LogP contribution in [0.4, 0.5) is 0 Å². The number of benzene rings is 1. The van der Waals surface area contributed by atoms with Gasteiger partial charge < -0.3 is 19.7 Å². The van der Waals surface area contributed by atoms with Crippen molar-refractivity contribution in [3.05, 3.63) is 30.0 Å². The molecule has 0 spiro atoms. The minimum atomic E-state index is -0.0909. The van der Waals surface area contributed by atoms with Crippen LogP contribution in [-0.2, 0) is 6.42 Å². The molecule has 1 aromatic heterocycles. The molecule has 0 radical (unpaired) electrons. The summed E-state index contributed by atoms with van der Waals surface area (Å²) in [4.78, 5) is 5.76. The Morgan fingerprint density at radius 2 is 2.15 bits per heavy atom. The molecule has 0 aliphatic carbocycles. The number of hydrogen-bond donors (Lipinski definition) is 2. The number of rotatable bonds is 4. The molecule has 0 amide bonds. The standard InChI is InChI=1S/C16H22N2O2/c1-20-14-2-3-15-12(11-17-16(15)10-14)4-7-18-8-5-13(19)6-9-18/h2-3,10-11,13,17,19H,4-9H2,1H3. The molecule has 20 heavy (non-hydrogen) atoms. The van der Waals surface area contributed by atoms with Gasteiger partial charge in [0.05, 0.1) is 13.2 Å². The van der Waals surface area contributed by atoms with Gasteiger partial charge in [-0.1, -0.05) is 0 Å². The number of fused-ring (bicyclic) bond motifs is 1. The van der Waals surface area contributed by atoms with E-state index in [0.29, 0.717) is 0 Å². The summed E-state index contributed by atoms with van der Waals surface area (Å²) in [7, 11) is 1.69. The fraction of sp³-hybridized carbons (Fsp3) is 0.500. The van der Waals surface area contributed by atoms with Crippen molar-refractivity contribution >= 4 is 10.9 Å². The van der Waals surface area contributed by atoms with E-state index in [1.165, 1.54) is 10.9 Å². The second kappa shape index (κ2) is 5.85. The van der Waals surface area contributed by atoms with E-state index in [4.69, 9.17) is 4.74 Å². The third-order valence-corrected chi connectivity index (χ3v) is 4.23. The summed E-state index contributed by atoms with van der Waals surface area (Å²) in [5.41, 5.74) is 2.49. The van der Waals surface area contributed by atoms with Crippen LogP contribution in [0, 0.1) is 0 Å². The van der Waals surface area contributed by atoms with E-state index < -0.39 is 0 Å². The lowest BCUT2D eigenvalue weighted by Gasteiger charge is -2.29. The Bertz CT molecular complexity index is 571. The molecule has 2 heterocycles. The van der Waals surface area contributed by atoms with Crippen LogP contribution in [0.5, 0.6) is 5.75 Å². The molecule has 3 rings (SSSR count). The minimum Gasteiger partial charge on any atom is -0.497 e. The molecule has 0 bridgehead atoms. The number of hydrogen-bond acceptors (Lipinski definition) is 3.